The fourth-order valence-electron chi connectivity index (χ4n) is 2.14. The zero-order valence-corrected chi connectivity index (χ0v) is 9.64. The van der Waals surface area contributed by atoms with Crippen molar-refractivity contribution in [2.45, 2.75) is 6.42 Å². The van der Waals surface area contributed by atoms with Crippen LogP contribution < -0.4 is 10.6 Å². The quantitative estimate of drug-likeness (QED) is 0.768. The zero-order valence-electron chi connectivity index (χ0n) is 8.89. The molecule has 0 saturated carbocycles. The maximum Gasteiger partial charge on any atom is 0.194 e. The predicted octanol–water partition coefficient (Wildman–Crippen LogP) is 2.16. The summed E-state index contributed by atoms with van der Waals surface area (Å²) in [4.78, 5) is 12.1. The van der Waals surface area contributed by atoms with E-state index < -0.39 is 5.82 Å². The highest BCUT2D eigenvalue weighted by atomic mass is 35.5. The number of hydrogen-bond acceptors (Lipinski definition) is 2. The Kier molecular flexibility index (Phi) is 2.42. The van der Waals surface area contributed by atoms with Crippen LogP contribution in [0.3, 0.4) is 0 Å². The molecule has 3 nitrogen and oxygen atoms in total. The minimum Gasteiger partial charge on any atom is -0.312 e. The molecule has 0 saturated heterocycles. The molecule has 2 aliphatic rings. The SMILES string of the molecule is O=C1C2=C(CCNC2)[N]c2c1ccc(Cl)c2F. The highest BCUT2D eigenvalue weighted by Gasteiger charge is 2.31. The average molecular weight is 252 g/mol. The molecule has 3 rings (SSSR count). The largest absolute Gasteiger partial charge is 0.312 e. The molecular formula is C12H9ClFN2O. The van der Waals surface area contributed by atoms with Gasteiger partial charge in [0.05, 0.1) is 16.3 Å². The molecule has 0 spiro atoms. The average Bonchev–Trinajstić information content (AvgIpc) is 2.35. The summed E-state index contributed by atoms with van der Waals surface area (Å²) in [6, 6.07) is 2.93. The monoisotopic (exact) mass is 251 g/mol. The normalized spacial score (nSPS) is 18.6. The van der Waals surface area contributed by atoms with Gasteiger partial charge in [-0.15, -0.1) is 0 Å². The summed E-state index contributed by atoms with van der Waals surface area (Å²) >= 11 is 5.69. The van der Waals surface area contributed by atoms with Crippen LogP contribution in [0.2, 0.25) is 5.02 Å². The Bertz CT molecular complexity index is 554. The molecule has 0 aliphatic carbocycles. The standard InChI is InChI=1S/C12H9ClFN2O/c13-8-2-1-6-11(10(8)14)16-9-3-4-15-5-7(9)12(6)17/h1-2,15H,3-5H2. The van der Waals surface area contributed by atoms with Gasteiger partial charge in [0.2, 0.25) is 0 Å². The third-order valence-electron chi connectivity index (χ3n) is 3.02. The van der Waals surface area contributed by atoms with Crippen molar-refractivity contribution in [1.29, 1.82) is 0 Å². The van der Waals surface area contributed by atoms with E-state index in [1.807, 2.05) is 0 Å². The molecule has 1 aromatic rings. The number of carbonyl (C=O) groups excluding carboxylic acids is 1. The fourth-order valence-corrected chi connectivity index (χ4v) is 2.29. The molecule has 0 amide bonds. The second-order valence-corrected chi connectivity index (χ2v) is 4.46. The molecule has 87 valence electrons. The Balaban J connectivity index is 2.16. The summed E-state index contributed by atoms with van der Waals surface area (Å²) in [6.45, 7) is 1.26. The first kappa shape index (κ1) is 10.7. The van der Waals surface area contributed by atoms with Gasteiger partial charge in [-0.05, 0) is 12.1 Å². The molecule has 2 heterocycles. The van der Waals surface area contributed by atoms with Gasteiger partial charge in [0.25, 0.3) is 0 Å². The molecule has 0 unspecified atom stereocenters. The van der Waals surface area contributed by atoms with Crippen LogP contribution in [0.5, 0.6) is 0 Å². The lowest BCUT2D eigenvalue weighted by Crippen LogP contribution is -2.33. The first-order valence-corrected chi connectivity index (χ1v) is 5.73. The van der Waals surface area contributed by atoms with Crippen molar-refractivity contribution in [3.8, 4) is 0 Å². The lowest BCUT2D eigenvalue weighted by Gasteiger charge is -2.25. The Morgan fingerprint density at radius 1 is 1.41 bits per heavy atom. The van der Waals surface area contributed by atoms with E-state index in [2.05, 4.69) is 10.6 Å². The topological polar surface area (TPSA) is 43.2 Å². The summed E-state index contributed by atoms with van der Waals surface area (Å²) in [6.07, 6.45) is 0.645. The van der Waals surface area contributed by atoms with Crippen molar-refractivity contribution in [2.75, 3.05) is 13.1 Å². The van der Waals surface area contributed by atoms with E-state index in [1.54, 1.807) is 0 Å². The number of benzene rings is 1. The second kappa shape index (κ2) is 3.82. The molecule has 2 aliphatic heterocycles. The van der Waals surface area contributed by atoms with Crippen LogP contribution >= 0.6 is 11.6 Å². The van der Waals surface area contributed by atoms with Gasteiger partial charge in [-0.25, -0.2) is 9.71 Å². The number of nitrogens with one attached hydrogen (secondary N) is 1. The van der Waals surface area contributed by atoms with Crippen molar-refractivity contribution in [2.24, 2.45) is 0 Å². The maximum absolute atomic E-state index is 13.8. The van der Waals surface area contributed by atoms with Crippen LogP contribution in [0, 0.1) is 5.82 Å². The first-order valence-electron chi connectivity index (χ1n) is 5.35. The van der Waals surface area contributed by atoms with Crippen molar-refractivity contribution in [3.63, 3.8) is 0 Å². The third-order valence-corrected chi connectivity index (χ3v) is 3.32. The van der Waals surface area contributed by atoms with E-state index in [1.165, 1.54) is 12.1 Å². The Labute approximate surface area is 103 Å². The summed E-state index contributed by atoms with van der Waals surface area (Å²) < 4.78 is 13.8. The summed E-state index contributed by atoms with van der Waals surface area (Å²) in [5.74, 6) is -0.754. The minimum absolute atomic E-state index is 0.00159. The predicted molar refractivity (Wildman–Crippen MR) is 62.0 cm³/mol. The van der Waals surface area contributed by atoms with Crippen LogP contribution in [-0.2, 0) is 0 Å². The van der Waals surface area contributed by atoms with Gasteiger partial charge in [0, 0.05) is 25.1 Å². The number of nitrogens with zero attached hydrogens (tertiary/aromatic N) is 1. The molecule has 17 heavy (non-hydrogen) atoms. The molecule has 0 fully saturated rings. The van der Waals surface area contributed by atoms with E-state index >= 15 is 0 Å². The Morgan fingerprint density at radius 3 is 3.06 bits per heavy atom. The molecule has 0 aromatic heterocycles. The van der Waals surface area contributed by atoms with E-state index in [0.29, 0.717) is 29.8 Å². The minimum atomic E-state index is -0.609. The smallest absolute Gasteiger partial charge is 0.194 e. The number of hydrogen-bond donors (Lipinski definition) is 1. The van der Waals surface area contributed by atoms with Crippen molar-refractivity contribution >= 4 is 23.1 Å². The summed E-state index contributed by atoms with van der Waals surface area (Å²) in [7, 11) is 0. The van der Waals surface area contributed by atoms with Gasteiger partial charge in [-0.2, -0.15) is 0 Å². The number of Topliss-reactive ketones (excluding diaryl/α,β-unsaturated/α-hetero) is 1. The van der Waals surface area contributed by atoms with E-state index in [0.717, 1.165) is 6.54 Å². The summed E-state index contributed by atoms with van der Waals surface area (Å²) in [5.41, 5.74) is 1.71. The van der Waals surface area contributed by atoms with Crippen LogP contribution in [0.15, 0.2) is 23.4 Å². The molecule has 5 heteroatoms. The van der Waals surface area contributed by atoms with Crippen LogP contribution in [-0.4, -0.2) is 18.9 Å². The summed E-state index contributed by atoms with van der Waals surface area (Å²) in [5, 5.41) is 7.35. The van der Waals surface area contributed by atoms with E-state index in [9.17, 15) is 9.18 Å². The molecule has 0 atom stereocenters. The Hall–Kier alpha value is -1.39. The van der Waals surface area contributed by atoms with Crippen molar-refractivity contribution in [1.82, 2.24) is 10.6 Å². The van der Waals surface area contributed by atoms with Crippen LogP contribution in [0.25, 0.3) is 0 Å². The fraction of sp³-hybridized carbons (Fsp3) is 0.250. The first-order chi connectivity index (χ1) is 8.18. The lowest BCUT2D eigenvalue weighted by atomic mass is 9.93. The van der Waals surface area contributed by atoms with Crippen LogP contribution in [0.1, 0.15) is 16.8 Å². The maximum atomic E-state index is 13.8. The van der Waals surface area contributed by atoms with Gasteiger partial charge in [-0.1, -0.05) is 11.6 Å². The van der Waals surface area contributed by atoms with Crippen molar-refractivity contribution in [3.05, 3.63) is 39.8 Å². The number of ketones is 1. The van der Waals surface area contributed by atoms with Gasteiger partial charge >= 0.3 is 0 Å². The molecule has 1 aromatic carbocycles. The number of carbonyl (C=O) groups is 1. The second-order valence-electron chi connectivity index (χ2n) is 4.05. The van der Waals surface area contributed by atoms with Crippen molar-refractivity contribution < 1.29 is 9.18 Å². The molecule has 0 bridgehead atoms. The van der Waals surface area contributed by atoms with E-state index in [4.69, 9.17) is 11.6 Å². The highest BCUT2D eigenvalue weighted by molar-refractivity contribution is 6.31. The van der Waals surface area contributed by atoms with E-state index in [-0.39, 0.29) is 16.5 Å². The molecule has 1 N–H and O–H groups in total. The van der Waals surface area contributed by atoms with Gasteiger partial charge in [0.1, 0.15) is 5.69 Å². The van der Waals surface area contributed by atoms with Gasteiger partial charge in [-0.3, -0.25) is 4.79 Å². The Morgan fingerprint density at radius 2 is 2.24 bits per heavy atom. The molecule has 1 radical (unpaired) electrons. The highest BCUT2D eigenvalue weighted by Crippen LogP contribution is 2.35. The molecular weight excluding hydrogens is 243 g/mol. The van der Waals surface area contributed by atoms with Crippen LogP contribution in [0.4, 0.5) is 10.1 Å². The number of rotatable bonds is 0. The lowest BCUT2D eigenvalue weighted by molar-refractivity contribution is 0.102. The van der Waals surface area contributed by atoms with Gasteiger partial charge in [0.15, 0.2) is 11.6 Å². The zero-order chi connectivity index (χ0) is 12.0. The third kappa shape index (κ3) is 1.56. The number of fused-ring (bicyclic) bond motifs is 1. The number of halogens is 2. The van der Waals surface area contributed by atoms with Gasteiger partial charge < -0.3 is 5.32 Å².